The second kappa shape index (κ2) is 10.4. The Hall–Kier alpha value is -2.38. The molecule has 0 saturated carbocycles. The highest BCUT2D eigenvalue weighted by atomic mass is 16.5. The van der Waals surface area contributed by atoms with E-state index in [-0.39, 0.29) is 0 Å². The lowest BCUT2D eigenvalue weighted by molar-refractivity contribution is 0.141. The van der Waals surface area contributed by atoms with Crippen molar-refractivity contribution in [2.75, 3.05) is 40.4 Å². The molecule has 0 aliphatic carbocycles. The summed E-state index contributed by atoms with van der Waals surface area (Å²) < 4.78 is 7.25. The molecule has 2 aromatic rings. The summed E-state index contributed by atoms with van der Waals surface area (Å²) in [5.74, 6) is 0.826. The quantitative estimate of drug-likeness (QED) is 0.527. The van der Waals surface area contributed by atoms with Crippen molar-refractivity contribution in [1.29, 1.82) is 0 Å². The fraction of sp³-hybridized carbons (Fsp3) is 0.545. The molecule has 7 nitrogen and oxygen atoms in total. The number of hydrogen-bond acceptors (Lipinski definition) is 4. The number of aromatic nitrogens is 2. The van der Waals surface area contributed by atoms with Crippen molar-refractivity contribution in [1.82, 2.24) is 25.3 Å². The number of likely N-dealkylation sites (tertiary alicyclic amines) is 1. The van der Waals surface area contributed by atoms with Crippen LogP contribution in [0.2, 0.25) is 0 Å². The van der Waals surface area contributed by atoms with Crippen molar-refractivity contribution >= 4 is 5.96 Å². The average Bonchev–Trinajstić information content (AvgIpc) is 3.32. The number of benzene rings is 1. The van der Waals surface area contributed by atoms with Gasteiger partial charge in [-0.15, -0.1) is 0 Å². The molecule has 1 saturated heterocycles. The smallest absolute Gasteiger partial charge is 0.191 e. The first kappa shape index (κ1) is 21.3. The predicted molar refractivity (Wildman–Crippen MR) is 118 cm³/mol. The van der Waals surface area contributed by atoms with Crippen molar-refractivity contribution in [2.24, 2.45) is 4.99 Å². The molecule has 1 aliphatic rings. The normalized spacial score (nSPS) is 17.7. The summed E-state index contributed by atoms with van der Waals surface area (Å²) in [6.07, 6.45) is 2.46. The van der Waals surface area contributed by atoms with Gasteiger partial charge in [-0.3, -0.25) is 9.89 Å². The maximum atomic E-state index is 5.24. The summed E-state index contributed by atoms with van der Waals surface area (Å²) in [6.45, 7) is 8.61. The fourth-order valence-corrected chi connectivity index (χ4v) is 3.98. The molecule has 2 heterocycles. The number of nitrogens with zero attached hydrogens (tertiary/aromatic N) is 4. The van der Waals surface area contributed by atoms with Gasteiger partial charge in [-0.1, -0.05) is 18.2 Å². The fourth-order valence-electron chi connectivity index (χ4n) is 3.98. The molecule has 1 atom stereocenters. The summed E-state index contributed by atoms with van der Waals surface area (Å²) in [5, 5.41) is 11.6. The van der Waals surface area contributed by atoms with E-state index in [1.165, 1.54) is 18.4 Å². The van der Waals surface area contributed by atoms with Gasteiger partial charge in [0.05, 0.1) is 18.0 Å². The molecule has 7 heteroatoms. The van der Waals surface area contributed by atoms with Crippen LogP contribution in [0.5, 0.6) is 0 Å². The highest BCUT2D eigenvalue weighted by molar-refractivity contribution is 5.79. The monoisotopic (exact) mass is 398 g/mol. The maximum absolute atomic E-state index is 5.24. The number of guanidine groups is 1. The molecule has 0 radical (unpaired) electrons. The topological polar surface area (TPSA) is 66.7 Å². The summed E-state index contributed by atoms with van der Waals surface area (Å²) in [5.41, 5.74) is 4.44. The standard InChI is InChI=1S/C22H34N6O/c1-17-14-18(2)28(26-17)21-10-6-5-8-19(21)15-24-22(23-3)25-16-20-9-7-11-27(20)12-13-29-4/h5-6,8,10,14,20H,7,9,11-13,15-16H2,1-4H3,(H2,23,24,25). The van der Waals surface area contributed by atoms with E-state index in [1.54, 1.807) is 7.11 Å². The van der Waals surface area contributed by atoms with Crippen LogP contribution in [0.25, 0.3) is 5.69 Å². The molecule has 0 spiro atoms. The van der Waals surface area contributed by atoms with Gasteiger partial charge in [-0.25, -0.2) is 4.68 Å². The zero-order valence-electron chi connectivity index (χ0n) is 18.1. The van der Waals surface area contributed by atoms with Crippen LogP contribution in [0, 0.1) is 13.8 Å². The van der Waals surface area contributed by atoms with Crippen LogP contribution >= 0.6 is 0 Å². The largest absolute Gasteiger partial charge is 0.383 e. The molecule has 158 valence electrons. The van der Waals surface area contributed by atoms with Crippen molar-refractivity contribution < 1.29 is 4.74 Å². The molecule has 29 heavy (non-hydrogen) atoms. The van der Waals surface area contributed by atoms with Crippen LogP contribution < -0.4 is 10.6 Å². The summed E-state index contributed by atoms with van der Waals surface area (Å²) in [4.78, 5) is 6.91. The Balaban J connectivity index is 1.58. The minimum absolute atomic E-state index is 0.533. The van der Waals surface area contributed by atoms with Gasteiger partial charge < -0.3 is 15.4 Å². The lowest BCUT2D eigenvalue weighted by Gasteiger charge is -2.25. The van der Waals surface area contributed by atoms with Crippen molar-refractivity contribution in [3.05, 3.63) is 47.3 Å². The predicted octanol–water partition coefficient (Wildman–Crippen LogP) is 2.26. The first-order valence-electron chi connectivity index (χ1n) is 10.4. The first-order valence-corrected chi connectivity index (χ1v) is 10.4. The third-order valence-electron chi connectivity index (χ3n) is 5.49. The van der Waals surface area contributed by atoms with E-state index in [2.05, 4.69) is 62.9 Å². The first-order chi connectivity index (χ1) is 14.1. The zero-order valence-corrected chi connectivity index (χ0v) is 18.1. The van der Waals surface area contributed by atoms with Crippen molar-refractivity contribution in [3.63, 3.8) is 0 Å². The van der Waals surface area contributed by atoms with Crippen molar-refractivity contribution in [3.8, 4) is 5.69 Å². The van der Waals surface area contributed by atoms with E-state index in [4.69, 9.17) is 4.74 Å². The number of ether oxygens (including phenoxy) is 1. The Morgan fingerprint density at radius 3 is 2.83 bits per heavy atom. The van der Waals surface area contributed by atoms with Gasteiger partial charge in [-0.2, -0.15) is 5.10 Å². The maximum Gasteiger partial charge on any atom is 0.191 e. The van der Waals surface area contributed by atoms with Crippen LogP contribution in [0.15, 0.2) is 35.3 Å². The highest BCUT2D eigenvalue weighted by Crippen LogP contribution is 2.17. The van der Waals surface area contributed by atoms with E-state index in [0.717, 1.165) is 49.3 Å². The summed E-state index contributed by atoms with van der Waals surface area (Å²) in [6, 6.07) is 11.0. The Labute approximate surface area is 174 Å². The summed E-state index contributed by atoms with van der Waals surface area (Å²) in [7, 11) is 3.58. The molecule has 1 unspecified atom stereocenters. The molecule has 2 N–H and O–H groups in total. The Bertz CT molecular complexity index is 815. The van der Waals surface area contributed by atoms with E-state index >= 15 is 0 Å². The number of aliphatic imine (C=N–C) groups is 1. The molecule has 0 bridgehead atoms. The van der Waals surface area contributed by atoms with Crippen LogP contribution in [0.4, 0.5) is 0 Å². The number of nitrogens with one attached hydrogen (secondary N) is 2. The van der Waals surface area contributed by atoms with Crippen LogP contribution in [0.1, 0.15) is 29.8 Å². The molecule has 1 fully saturated rings. The van der Waals surface area contributed by atoms with Gasteiger partial charge >= 0.3 is 0 Å². The number of hydrogen-bond donors (Lipinski definition) is 2. The molecule has 1 aliphatic heterocycles. The Morgan fingerprint density at radius 1 is 1.28 bits per heavy atom. The molecular weight excluding hydrogens is 364 g/mol. The van der Waals surface area contributed by atoms with Gasteiger partial charge in [0.15, 0.2) is 5.96 Å². The van der Waals surface area contributed by atoms with E-state index in [0.29, 0.717) is 12.6 Å². The van der Waals surface area contributed by atoms with Gasteiger partial charge in [-0.05, 0) is 50.9 Å². The van der Waals surface area contributed by atoms with Gasteiger partial charge in [0.1, 0.15) is 0 Å². The van der Waals surface area contributed by atoms with Crippen LogP contribution in [-0.2, 0) is 11.3 Å². The number of aryl methyl sites for hydroxylation is 2. The van der Waals surface area contributed by atoms with Gasteiger partial charge in [0.25, 0.3) is 0 Å². The Kier molecular flexibility index (Phi) is 7.66. The van der Waals surface area contributed by atoms with E-state index < -0.39 is 0 Å². The third-order valence-corrected chi connectivity index (χ3v) is 5.49. The number of para-hydroxylation sites is 1. The second-order valence-electron chi connectivity index (χ2n) is 7.60. The second-order valence-corrected chi connectivity index (χ2v) is 7.60. The third kappa shape index (κ3) is 5.58. The van der Waals surface area contributed by atoms with Crippen LogP contribution in [0.3, 0.4) is 0 Å². The van der Waals surface area contributed by atoms with Gasteiger partial charge in [0, 0.05) is 45.5 Å². The average molecular weight is 399 g/mol. The number of rotatable bonds is 8. The lowest BCUT2D eigenvalue weighted by Crippen LogP contribution is -2.45. The molecule has 1 aromatic carbocycles. The van der Waals surface area contributed by atoms with E-state index in [9.17, 15) is 0 Å². The Morgan fingerprint density at radius 2 is 2.10 bits per heavy atom. The summed E-state index contributed by atoms with van der Waals surface area (Å²) >= 11 is 0. The lowest BCUT2D eigenvalue weighted by atomic mass is 10.1. The van der Waals surface area contributed by atoms with Gasteiger partial charge in [0.2, 0.25) is 0 Å². The van der Waals surface area contributed by atoms with E-state index in [1.807, 2.05) is 18.7 Å². The zero-order chi connectivity index (χ0) is 20.6. The minimum atomic E-state index is 0.533. The highest BCUT2D eigenvalue weighted by Gasteiger charge is 2.24. The molecular formula is C22H34N6O. The molecule has 0 amide bonds. The minimum Gasteiger partial charge on any atom is -0.383 e. The van der Waals surface area contributed by atoms with Crippen molar-refractivity contribution in [2.45, 2.75) is 39.3 Å². The number of methoxy groups -OCH3 is 1. The molecule has 1 aromatic heterocycles. The molecule has 3 rings (SSSR count). The SMILES string of the molecule is CN=C(NCc1ccccc1-n1nc(C)cc1C)NCC1CCCN1CCOC. The van der Waals surface area contributed by atoms with Crippen LogP contribution in [-0.4, -0.2) is 67.1 Å².